The van der Waals surface area contributed by atoms with E-state index in [0.29, 0.717) is 6.04 Å². The second-order valence-corrected chi connectivity index (χ2v) is 5.76. The predicted molar refractivity (Wildman–Crippen MR) is 76.5 cm³/mol. The van der Waals surface area contributed by atoms with Crippen LogP contribution in [-0.4, -0.2) is 12.0 Å². The summed E-state index contributed by atoms with van der Waals surface area (Å²) >= 11 is 5.38. The summed E-state index contributed by atoms with van der Waals surface area (Å²) in [5.41, 5.74) is 4.46. The van der Waals surface area contributed by atoms with Crippen LogP contribution in [0.4, 0.5) is 0 Å². The molecule has 1 aromatic carbocycles. The molecule has 0 amide bonds. The molecule has 0 bridgehead atoms. The molecule has 2 rings (SSSR count). The molecular weight excluding hydrogens is 296 g/mol. The van der Waals surface area contributed by atoms with Crippen LogP contribution in [0.5, 0.6) is 0 Å². The van der Waals surface area contributed by atoms with Gasteiger partial charge in [-0.25, -0.2) is 0 Å². The molecule has 1 aromatic heterocycles. The van der Waals surface area contributed by atoms with E-state index in [2.05, 4.69) is 51.4 Å². The van der Waals surface area contributed by atoms with Gasteiger partial charge in [-0.2, -0.15) is 0 Å². The molecule has 0 saturated heterocycles. The minimum atomic E-state index is 0.324. The molecule has 0 saturated carbocycles. The number of nitrogens with one attached hydrogen (secondary N) is 1. The van der Waals surface area contributed by atoms with E-state index in [1.807, 2.05) is 18.8 Å². The van der Waals surface area contributed by atoms with Crippen LogP contribution in [0.25, 0.3) is 0 Å². The van der Waals surface area contributed by atoms with E-state index in [9.17, 15) is 0 Å². The SMILES string of the molecule is CNC(Cc1cncs1)c1cccc(C)c1Br. The van der Waals surface area contributed by atoms with Gasteiger partial charge in [-0.3, -0.25) is 4.98 Å². The number of aryl methyl sites for hydroxylation is 1. The number of aromatic nitrogens is 1. The number of likely N-dealkylation sites (N-methyl/N-ethyl adjacent to an activating group) is 1. The lowest BCUT2D eigenvalue weighted by Crippen LogP contribution is -2.19. The van der Waals surface area contributed by atoms with E-state index < -0.39 is 0 Å². The fourth-order valence-electron chi connectivity index (χ4n) is 1.85. The van der Waals surface area contributed by atoms with Gasteiger partial charge in [0.15, 0.2) is 0 Å². The summed E-state index contributed by atoms with van der Waals surface area (Å²) in [6.07, 6.45) is 2.92. The average Bonchev–Trinajstić information content (AvgIpc) is 2.83. The summed E-state index contributed by atoms with van der Waals surface area (Å²) in [6, 6.07) is 6.71. The molecule has 1 unspecified atom stereocenters. The highest BCUT2D eigenvalue weighted by Gasteiger charge is 2.14. The number of rotatable bonds is 4. The van der Waals surface area contributed by atoms with Crippen LogP contribution in [0.1, 0.15) is 22.0 Å². The van der Waals surface area contributed by atoms with Crippen LogP contribution in [0, 0.1) is 6.92 Å². The first-order valence-electron chi connectivity index (χ1n) is 5.52. The third-order valence-electron chi connectivity index (χ3n) is 2.83. The number of nitrogens with zero attached hydrogens (tertiary/aromatic N) is 1. The molecule has 1 atom stereocenters. The quantitative estimate of drug-likeness (QED) is 0.931. The molecule has 2 aromatic rings. The van der Waals surface area contributed by atoms with E-state index in [1.165, 1.54) is 20.5 Å². The van der Waals surface area contributed by atoms with Gasteiger partial charge in [0.2, 0.25) is 0 Å². The van der Waals surface area contributed by atoms with Crippen molar-refractivity contribution in [3.8, 4) is 0 Å². The highest BCUT2D eigenvalue weighted by Crippen LogP contribution is 2.29. The Hall–Kier alpha value is -0.710. The zero-order valence-corrected chi connectivity index (χ0v) is 12.3. The van der Waals surface area contributed by atoms with Gasteiger partial charge in [-0.15, -0.1) is 11.3 Å². The summed E-state index contributed by atoms with van der Waals surface area (Å²) in [5, 5.41) is 3.37. The van der Waals surface area contributed by atoms with Crippen molar-refractivity contribution in [3.05, 3.63) is 50.4 Å². The second-order valence-electron chi connectivity index (χ2n) is 3.99. The van der Waals surface area contributed by atoms with Crippen LogP contribution in [0.2, 0.25) is 0 Å². The van der Waals surface area contributed by atoms with Crippen molar-refractivity contribution in [2.24, 2.45) is 0 Å². The summed E-state index contributed by atoms with van der Waals surface area (Å²) < 4.78 is 1.20. The zero-order valence-electron chi connectivity index (χ0n) is 9.90. The van der Waals surface area contributed by atoms with Crippen LogP contribution in [-0.2, 0) is 6.42 Å². The molecule has 0 aliphatic carbocycles. The number of thiazole rings is 1. The number of hydrogen-bond donors (Lipinski definition) is 1. The van der Waals surface area contributed by atoms with Gasteiger partial charge in [0.1, 0.15) is 0 Å². The lowest BCUT2D eigenvalue weighted by molar-refractivity contribution is 0.593. The molecule has 90 valence electrons. The predicted octanol–water partition coefficient (Wildman–Crippen LogP) is 3.72. The molecule has 0 aliphatic rings. The van der Waals surface area contributed by atoms with Crippen LogP contribution in [0.3, 0.4) is 0 Å². The maximum absolute atomic E-state index is 4.12. The van der Waals surface area contributed by atoms with Crippen molar-refractivity contribution in [3.63, 3.8) is 0 Å². The minimum absolute atomic E-state index is 0.324. The van der Waals surface area contributed by atoms with E-state index in [0.717, 1.165) is 6.42 Å². The standard InChI is InChI=1S/C13H15BrN2S/c1-9-4-3-5-11(13(9)14)12(15-2)6-10-7-16-8-17-10/h3-5,7-8,12,15H,6H2,1-2H3. The highest BCUT2D eigenvalue weighted by atomic mass is 79.9. The molecule has 4 heteroatoms. The molecule has 0 spiro atoms. The van der Waals surface area contributed by atoms with Gasteiger partial charge in [0.05, 0.1) is 5.51 Å². The van der Waals surface area contributed by atoms with Crippen molar-refractivity contribution in [2.75, 3.05) is 7.05 Å². The van der Waals surface area contributed by atoms with Crippen molar-refractivity contribution >= 4 is 27.3 Å². The molecule has 0 aliphatic heterocycles. The van der Waals surface area contributed by atoms with Crippen LogP contribution < -0.4 is 5.32 Å². The Kier molecular flexibility index (Phi) is 4.31. The Balaban J connectivity index is 2.26. The van der Waals surface area contributed by atoms with Crippen molar-refractivity contribution in [1.82, 2.24) is 10.3 Å². The molecule has 0 radical (unpaired) electrons. The Morgan fingerprint density at radius 2 is 2.29 bits per heavy atom. The number of halogens is 1. The lowest BCUT2D eigenvalue weighted by atomic mass is 10.0. The number of benzene rings is 1. The fourth-order valence-corrected chi connectivity index (χ4v) is 3.03. The first-order chi connectivity index (χ1) is 8.22. The van der Waals surface area contributed by atoms with Gasteiger partial charge in [0.25, 0.3) is 0 Å². The maximum atomic E-state index is 4.12. The van der Waals surface area contributed by atoms with Gasteiger partial charge < -0.3 is 5.32 Å². The van der Waals surface area contributed by atoms with Crippen molar-refractivity contribution in [1.29, 1.82) is 0 Å². The van der Waals surface area contributed by atoms with Gasteiger partial charge in [-0.05, 0) is 25.1 Å². The molecule has 2 nitrogen and oxygen atoms in total. The Labute approximate surface area is 114 Å². The summed E-state index contributed by atoms with van der Waals surface area (Å²) in [7, 11) is 2.00. The smallest absolute Gasteiger partial charge is 0.0794 e. The molecule has 17 heavy (non-hydrogen) atoms. The summed E-state index contributed by atoms with van der Waals surface area (Å²) in [4.78, 5) is 5.43. The van der Waals surface area contributed by atoms with Gasteiger partial charge in [0, 0.05) is 28.0 Å². The highest BCUT2D eigenvalue weighted by molar-refractivity contribution is 9.10. The first-order valence-corrected chi connectivity index (χ1v) is 7.19. The summed E-state index contributed by atoms with van der Waals surface area (Å²) in [5.74, 6) is 0. The molecule has 0 fully saturated rings. The largest absolute Gasteiger partial charge is 0.313 e. The Bertz CT molecular complexity index is 482. The van der Waals surface area contributed by atoms with Gasteiger partial charge >= 0.3 is 0 Å². The van der Waals surface area contributed by atoms with Crippen LogP contribution >= 0.6 is 27.3 Å². The lowest BCUT2D eigenvalue weighted by Gasteiger charge is -2.18. The number of hydrogen-bond acceptors (Lipinski definition) is 3. The molecule has 1 N–H and O–H groups in total. The fraction of sp³-hybridized carbons (Fsp3) is 0.308. The Morgan fingerprint density at radius 1 is 1.47 bits per heavy atom. The normalized spacial score (nSPS) is 12.6. The zero-order chi connectivity index (χ0) is 12.3. The van der Waals surface area contributed by atoms with Gasteiger partial charge in [-0.1, -0.05) is 34.1 Å². The third-order valence-corrected chi connectivity index (χ3v) is 4.72. The monoisotopic (exact) mass is 310 g/mol. The second kappa shape index (κ2) is 5.76. The third kappa shape index (κ3) is 2.94. The Morgan fingerprint density at radius 3 is 2.94 bits per heavy atom. The van der Waals surface area contributed by atoms with E-state index in [-0.39, 0.29) is 0 Å². The summed E-state index contributed by atoms with van der Waals surface area (Å²) in [6.45, 7) is 2.12. The average molecular weight is 311 g/mol. The van der Waals surface area contributed by atoms with Crippen molar-refractivity contribution in [2.45, 2.75) is 19.4 Å². The minimum Gasteiger partial charge on any atom is -0.313 e. The van der Waals surface area contributed by atoms with Crippen molar-refractivity contribution < 1.29 is 0 Å². The molecular formula is C13H15BrN2S. The van der Waals surface area contributed by atoms with E-state index in [4.69, 9.17) is 0 Å². The topological polar surface area (TPSA) is 24.9 Å². The first kappa shape index (κ1) is 12.7. The van der Waals surface area contributed by atoms with E-state index in [1.54, 1.807) is 11.3 Å². The van der Waals surface area contributed by atoms with Crippen LogP contribution in [0.15, 0.2) is 34.4 Å². The van der Waals surface area contributed by atoms with E-state index >= 15 is 0 Å². The molecule has 1 heterocycles. The maximum Gasteiger partial charge on any atom is 0.0794 e.